The van der Waals surface area contributed by atoms with Crippen molar-refractivity contribution in [3.8, 4) is 17.6 Å². The summed E-state index contributed by atoms with van der Waals surface area (Å²) in [4.78, 5) is 12.7. The topological polar surface area (TPSA) is 71.3 Å². The molecule has 1 N–H and O–H groups in total. The molecule has 0 aliphatic rings. The molecule has 3 rings (SSSR count). The minimum atomic E-state index is -0.441. The highest BCUT2D eigenvalue weighted by atomic mass is 79.9. The third-order valence-corrected chi connectivity index (χ3v) is 5.39. The van der Waals surface area contributed by atoms with E-state index >= 15 is 0 Å². The van der Waals surface area contributed by atoms with Crippen LogP contribution in [0.4, 0.5) is 0 Å². The number of nitriles is 1. The number of amides is 1. The Bertz CT molecular complexity index is 1140. The molecule has 0 heterocycles. The van der Waals surface area contributed by atoms with Gasteiger partial charge in [-0.25, -0.2) is 0 Å². The Balaban J connectivity index is 1.79. The van der Waals surface area contributed by atoms with E-state index in [1.165, 1.54) is 6.08 Å². The third-order valence-electron chi connectivity index (χ3n) is 4.80. The molecule has 0 spiro atoms. The first-order valence-electron chi connectivity index (χ1n) is 10.0. The van der Waals surface area contributed by atoms with Crippen molar-refractivity contribution in [3.05, 3.63) is 99.5 Å². The van der Waals surface area contributed by atoms with Crippen LogP contribution in [0, 0.1) is 11.3 Å². The molecular weight excluding hydrogens is 468 g/mol. The molecule has 0 aromatic heterocycles. The van der Waals surface area contributed by atoms with Gasteiger partial charge in [0.2, 0.25) is 0 Å². The number of hydrogen-bond acceptors (Lipinski definition) is 4. The zero-order valence-corrected chi connectivity index (χ0v) is 19.4. The van der Waals surface area contributed by atoms with E-state index in [4.69, 9.17) is 9.47 Å². The van der Waals surface area contributed by atoms with Gasteiger partial charge in [0.25, 0.3) is 5.91 Å². The molecule has 1 amide bonds. The van der Waals surface area contributed by atoms with Crippen molar-refractivity contribution in [2.45, 2.75) is 19.6 Å². The van der Waals surface area contributed by atoms with E-state index in [1.807, 2.05) is 73.7 Å². The first kappa shape index (κ1) is 23.1. The van der Waals surface area contributed by atoms with E-state index < -0.39 is 5.91 Å². The van der Waals surface area contributed by atoms with Crippen LogP contribution in [0.15, 0.2) is 82.8 Å². The molecule has 0 radical (unpaired) electrons. The predicted octanol–water partition coefficient (Wildman–Crippen LogP) is 5.82. The number of ether oxygens (including phenoxy) is 2. The fourth-order valence-corrected chi connectivity index (χ4v) is 3.68. The summed E-state index contributed by atoms with van der Waals surface area (Å²) >= 11 is 3.51. The number of carbonyl (C=O) groups excluding carboxylic acids is 1. The summed E-state index contributed by atoms with van der Waals surface area (Å²) in [6, 6.07) is 24.7. The molecule has 5 nitrogen and oxygen atoms in total. The van der Waals surface area contributed by atoms with Gasteiger partial charge in [-0.2, -0.15) is 5.26 Å². The van der Waals surface area contributed by atoms with Crippen LogP contribution >= 0.6 is 15.9 Å². The van der Waals surface area contributed by atoms with E-state index in [0.29, 0.717) is 28.1 Å². The standard InChI is InChI=1S/C26H23BrN2O3/c1-18(21-11-7-4-8-12-21)29-26(30)22(16-28)13-20-14-23(27)25(24(15-20)31-2)32-17-19-9-5-3-6-10-19/h3-15,18H,17H2,1-2H3,(H,29,30)/b22-13+/t18-/m1/s1. The van der Waals surface area contributed by atoms with E-state index in [0.717, 1.165) is 11.1 Å². The van der Waals surface area contributed by atoms with Gasteiger partial charge in [-0.1, -0.05) is 60.7 Å². The molecule has 0 aliphatic heterocycles. The summed E-state index contributed by atoms with van der Waals surface area (Å²) in [5, 5.41) is 12.4. The number of rotatable bonds is 8. The fourth-order valence-electron chi connectivity index (χ4n) is 3.11. The predicted molar refractivity (Wildman–Crippen MR) is 128 cm³/mol. The molecule has 32 heavy (non-hydrogen) atoms. The molecule has 1 atom stereocenters. The quantitative estimate of drug-likeness (QED) is 0.318. The van der Waals surface area contributed by atoms with E-state index in [9.17, 15) is 10.1 Å². The normalized spacial score (nSPS) is 11.9. The highest BCUT2D eigenvalue weighted by molar-refractivity contribution is 9.10. The van der Waals surface area contributed by atoms with Gasteiger partial charge in [-0.05, 0) is 57.8 Å². The second-order valence-corrected chi connectivity index (χ2v) is 7.94. The van der Waals surface area contributed by atoms with E-state index in [2.05, 4.69) is 21.2 Å². The van der Waals surface area contributed by atoms with Crippen LogP contribution < -0.4 is 14.8 Å². The molecule has 0 saturated heterocycles. The summed E-state index contributed by atoms with van der Waals surface area (Å²) in [7, 11) is 1.55. The number of benzene rings is 3. The number of nitrogens with zero attached hydrogens (tertiary/aromatic N) is 1. The number of methoxy groups -OCH3 is 1. The maximum absolute atomic E-state index is 12.7. The SMILES string of the molecule is COc1cc(/C=C(\C#N)C(=O)N[C@H](C)c2ccccc2)cc(Br)c1OCc1ccccc1. The Hall–Kier alpha value is -3.56. The number of carbonyl (C=O) groups is 1. The zero-order chi connectivity index (χ0) is 22.9. The first-order chi connectivity index (χ1) is 15.5. The van der Waals surface area contributed by atoms with Gasteiger partial charge in [0.15, 0.2) is 11.5 Å². The van der Waals surface area contributed by atoms with E-state index in [-0.39, 0.29) is 11.6 Å². The second kappa shape index (κ2) is 11.2. The van der Waals surface area contributed by atoms with Crippen LogP contribution in [0.25, 0.3) is 6.08 Å². The lowest BCUT2D eigenvalue weighted by Crippen LogP contribution is -2.27. The fraction of sp³-hybridized carbons (Fsp3) is 0.154. The van der Waals surface area contributed by atoms with Crippen molar-refractivity contribution in [1.82, 2.24) is 5.32 Å². The number of hydrogen-bond donors (Lipinski definition) is 1. The third kappa shape index (κ3) is 5.99. The molecule has 0 unspecified atom stereocenters. The Morgan fingerprint density at radius 3 is 2.41 bits per heavy atom. The van der Waals surface area contributed by atoms with Gasteiger partial charge >= 0.3 is 0 Å². The lowest BCUT2D eigenvalue weighted by atomic mass is 10.1. The Kier molecular flexibility index (Phi) is 8.07. The zero-order valence-electron chi connectivity index (χ0n) is 17.8. The lowest BCUT2D eigenvalue weighted by molar-refractivity contribution is -0.117. The molecule has 0 aliphatic carbocycles. The van der Waals surface area contributed by atoms with Crippen LogP contribution in [0.1, 0.15) is 29.7 Å². The molecule has 0 saturated carbocycles. The molecule has 0 fully saturated rings. The maximum atomic E-state index is 12.7. The molecular formula is C26H23BrN2O3. The van der Waals surface area contributed by atoms with Gasteiger partial charge in [0, 0.05) is 0 Å². The van der Waals surface area contributed by atoms with Crippen LogP contribution in [-0.4, -0.2) is 13.0 Å². The highest BCUT2D eigenvalue weighted by Crippen LogP contribution is 2.37. The second-order valence-electron chi connectivity index (χ2n) is 7.08. The van der Waals surface area contributed by atoms with Crippen LogP contribution in [0.2, 0.25) is 0 Å². The van der Waals surface area contributed by atoms with Crippen LogP contribution in [0.5, 0.6) is 11.5 Å². The maximum Gasteiger partial charge on any atom is 0.262 e. The average molecular weight is 491 g/mol. The largest absolute Gasteiger partial charge is 0.493 e. The number of halogens is 1. The molecule has 3 aromatic rings. The van der Waals surface area contributed by atoms with Gasteiger partial charge < -0.3 is 14.8 Å². The highest BCUT2D eigenvalue weighted by Gasteiger charge is 2.16. The van der Waals surface area contributed by atoms with Gasteiger partial charge in [-0.3, -0.25) is 4.79 Å². The van der Waals surface area contributed by atoms with Crippen molar-refractivity contribution in [1.29, 1.82) is 5.26 Å². The average Bonchev–Trinajstić information content (AvgIpc) is 2.82. The monoisotopic (exact) mass is 490 g/mol. The summed E-state index contributed by atoms with van der Waals surface area (Å²) in [5.41, 5.74) is 2.63. The van der Waals surface area contributed by atoms with Gasteiger partial charge in [-0.15, -0.1) is 0 Å². The minimum absolute atomic E-state index is 0.000289. The molecule has 0 bridgehead atoms. The summed E-state index contributed by atoms with van der Waals surface area (Å²) in [6.07, 6.45) is 1.53. The van der Waals surface area contributed by atoms with Crippen molar-refractivity contribution < 1.29 is 14.3 Å². The Morgan fingerprint density at radius 1 is 1.12 bits per heavy atom. The van der Waals surface area contributed by atoms with Crippen LogP contribution in [0.3, 0.4) is 0 Å². The van der Waals surface area contributed by atoms with E-state index in [1.54, 1.807) is 19.2 Å². The van der Waals surface area contributed by atoms with Crippen LogP contribution in [-0.2, 0) is 11.4 Å². The smallest absolute Gasteiger partial charge is 0.262 e. The molecule has 6 heteroatoms. The van der Waals surface area contributed by atoms with Crippen molar-refractivity contribution in [3.63, 3.8) is 0 Å². The van der Waals surface area contributed by atoms with Gasteiger partial charge in [0.1, 0.15) is 18.2 Å². The molecule has 3 aromatic carbocycles. The van der Waals surface area contributed by atoms with Crippen molar-refractivity contribution in [2.75, 3.05) is 7.11 Å². The number of nitrogens with one attached hydrogen (secondary N) is 1. The Morgan fingerprint density at radius 2 is 1.78 bits per heavy atom. The summed E-state index contributed by atoms with van der Waals surface area (Å²) in [6.45, 7) is 2.26. The van der Waals surface area contributed by atoms with Gasteiger partial charge in [0.05, 0.1) is 17.6 Å². The van der Waals surface area contributed by atoms with Crippen molar-refractivity contribution >= 4 is 27.9 Å². The molecule has 162 valence electrons. The first-order valence-corrected chi connectivity index (χ1v) is 10.8. The summed E-state index contributed by atoms with van der Waals surface area (Å²) in [5.74, 6) is 0.606. The summed E-state index contributed by atoms with van der Waals surface area (Å²) < 4.78 is 12.1. The minimum Gasteiger partial charge on any atom is -0.493 e. The Labute approximate surface area is 196 Å². The lowest BCUT2D eigenvalue weighted by Gasteiger charge is -2.15. The van der Waals surface area contributed by atoms with Crippen molar-refractivity contribution in [2.24, 2.45) is 0 Å².